The summed E-state index contributed by atoms with van der Waals surface area (Å²) in [4.78, 5) is 36.9. The van der Waals surface area contributed by atoms with Gasteiger partial charge in [0, 0.05) is 65.6 Å². The number of piperazine rings is 1. The zero-order valence-electron chi connectivity index (χ0n) is 16.6. The zero-order valence-corrected chi connectivity index (χ0v) is 16.6. The van der Waals surface area contributed by atoms with Gasteiger partial charge >= 0.3 is 6.03 Å². The summed E-state index contributed by atoms with van der Waals surface area (Å²) in [5.74, 6) is 0.543. The number of amides is 2. The molecule has 150 valence electrons. The van der Waals surface area contributed by atoms with Crippen molar-refractivity contribution in [3.8, 4) is 11.4 Å². The third kappa shape index (κ3) is 4.96. The number of benzene rings is 1. The van der Waals surface area contributed by atoms with Crippen LogP contribution in [0, 0.1) is 0 Å². The van der Waals surface area contributed by atoms with Crippen molar-refractivity contribution in [3.63, 3.8) is 0 Å². The zero-order chi connectivity index (χ0) is 20.1. The van der Waals surface area contributed by atoms with Gasteiger partial charge in [-0.2, -0.15) is 0 Å². The number of aromatic amines is 1. The van der Waals surface area contributed by atoms with Gasteiger partial charge in [-0.25, -0.2) is 9.78 Å². The van der Waals surface area contributed by atoms with Crippen molar-refractivity contribution in [1.29, 1.82) is 0 Å². The normalized spacial score (nSPS) is 14.9. The van der Waals surface area contributed by atoms with E-state index in [0.717, 1.165) is 38.3 Å². The first-order valence-corrected chi connectivity index (χ1v) is 9.33. The molecule has 1 aromatic carbocycles. The molecule has 1 N–H and O–H groups in total. The third-order valence-electron chi connectivity index (χ3n) is 4.75. The summed E-state index contributed by atoms with van der Waals surface area (Å²) in [5.41, 5.74) is 2.47. The molecule has 1 aliphatic heterocycles. The number of nitrogens with one attached hydrogen (secondary N) is 1. The van der Waals surface area contributed by atoms with E-state index in [-0.39, 0.29) is 11.6 Å². The van der Waals surface area contributed by atoms with Crippen molar-refractivity contribution in [2.45, 2.75) is 13.2 Å². The summed E-state index contributed by atoms with van der Waals surface area (Å²) in [6.45, 7) is 4.33. The maximum absolute atomic E-state index is 12.0. The van der Waals surface area contributed by atoms with Gasteiger partial charge in [-0.1, -0.05) is 24.3 Å². The molecule has 0 saturated carbocycles. The topological polar surface area (TPSA) is 81.8 Å². The Bertz CT molecular complexity index is 855. The van der Waals surface area contributed by atoms with Gasteiger partial charge in [-0.3, -0.25) is 9.69 Å². The smallest absolute Gasteiger partial charge is 0.319 e. The van der Waals surface area contributed by atoms with E-state index in [9.17, 15) is 9.59 Å². The maximum atomic E-state index is 12.0. The number of carbonyl (C=O) groups excluding carboxylic acids is 1. The maximum Gasteiger partial charge on any atom is 0.319 e. The molecule has 1 aromatic heterocycles. The average molecular weight is 385 g/mol. The van der Waals surface area contributed by atoms with Crippen LogP contribution in [-0.2, 0) is 17.9 Å². The highest BCUT2D eigenvalue weighted by atomic mass is 16.5. The summed E-state index contributed by atoms with van der Waals surface area (Å²) in [7, 11) is 5.14. The molecule has 0 radical (unpaired) electrons. The molecule has 0 atom stereocenters. The number of ether oxygens (including phenoxy) is 1. The first kappa shape index (κ1) is 20.0. The van der Waals surface area contributed by atoms with Crippen LogP contribution in [0.15, 0.2) is 35.1 Å². The Balaban J connectivity index is 1.61. The van der Waals surface area contributed by atoms with Crippen LogP contribution in [0.1, 0.15) is 11.3 Å². The second-order valence-corrected chi connectivity index (χ2v) is 7.16. The Labute approximate surface area is 164 Å². The number of rotatable bonds is 5. The lowest BCUT2D eigenvalue weighted by molar-refractivity contribution is 0.120. The van der Waals surface area contributed by atoms with Crippen molar-refractivity contribution >= 4 is 6.03 Å². The summed E-state index contributed by atoms with van der Waals surface area (Å²) >= 11 is 0. The Morgan fingerprint density at radius 2 is 1.86 bits per heavy atom. The average Bonchev–Trinajstić information content (AvgIpc) is 2.68. The van der Waals surface area contributed by atoms with Gasteiger partial charge in [0.05, 0.1) is 12.3 Å². The van der Waals surface area contributed by atoms with E-state index in [0.29, 0.717) is 18.1 Å². The van der Waals surface area contributed by atoms with E-state index < -0.39 is 0 Å². The molecule has 1 fully saturated rings. The monoisotopic (exact) mass is 385 g/mol. The Kier molecular flexibility index (Phi) is 6.43. The number of hydrogen-bond donors (Lipinski definition) is 1. The molecule has 2 heterocycles. The summed E-state index contributed by atoms with van der Waals surface area (Å²) < 4.78 is 5.06. The molecule has 0 unspecified atom stereocenters. The van der Waals surface area contributed by atoms with Gasteiger partial charge in [0.25, 0.3) is 5.56 Å². The molecule has 1 aliphatic rings. The second-order valence-electron chi connectivity index (χ2n) is 7.16. The predicted octanol–water partition coefficient (Wildman–Crippen LogP) is 1.38. The highest BCUT2D eigenvalue weighted by molar-refractivity contribution is 5.73. The highest BCUT2D eigenvalue weighted by Gasteiger charge is 2.22. The lowest BCUT2D eigenvalue weighted by Gasteiger charge is -2.36. The molecule has 1 saturated heterocycles. The van der Waals surface area contributed by atoms with Crippen LogP contribution in [0.3, 0.4) is 0 Å². The van der Waals surface area contributed by atoms with E-state index in [1.807, 2.05) is 17.0 Å². The number of aromatic nitrogens is 2. The standard InChI is InChI=1S/C20H27N5O3/c1-23(2)20(27)25-10-8-24(9-11-25)13-15-4-6-16(7-5-15)19-21-17(14-28-3)12-18(26)22-19/h4-7,12H,8-11,13-14H2,1-3H3,(H,21,22,26). The van der Waals surface area contributed by atoms with Gasteiger partial charge in [-0.15, -0.1) is 0 Å². The van der Waals surface area contributed by atoms with E-state index >= 15 is 0 Å². The van der Waals surface area contributed by atoms with Gasteiger partial charge < -0.3 is 19.5 Å². The molecule has 3 rings (SSSR count). The van der Waals surface area contributed by atoms with Crippen LogP contribution in [0.2, 0.25) is 0 Å². The van der Waals surface area contributed by atoms with Crippen LogP contribution in [0.25, 0.3) is 11.4 Å². The van der Waals surface area contributed by atoms with Crippen molar-refractivity contribution in [2.75, 3.05) is 47.4 Å². The van der Waals surface area contributed by atoms with E-state index in [1.165, 1.54) is 11.6 Å². The molecule has 28 heavy (non-hydrogen) atoms. The van der Waals surface area contributed by atoms with Gasteiger partial charge in [-0.05, 0) is 5.56 Å². The fourth-order valence-electron chi connectivity index (χ4n) is 3.27. The largest absolute Gasteiger partial charge is 0.378 e. The lowest BCUT2D eigenvalue weighted by atomic mass is 10.1. The number of urea groups is 1. The minimum Gasteiger partial charge on any atom is -0.378 e. The quantitative estimate of drug-likeness (QED) is 0.841. The van der Waals surface area contributed by atoms with Gasteiger partial charge in [0.2, 0.25) is 0 Å². The minimum atomic E-state index is -0.189. The molecule has 2 aromatic rings. The highest BCUT2D eigenvalue weighted by Crippen LogP contribution is 2.17. The van der Waals surface area contributed by atoms with E-state index in [1.54, 1.807) is 26.1 Å². The van der Waals surface area contributed by atoms with Crippen molar-refractivity contribution in [1.82, 2.24) is 24.7 Å². The molecule has 8 nitrogen and oxygen atoms in total. The lowest BCUT2D eigenvalue weighted by Crippen LogP contribution is -2.51. The Morgan fingerprint density at radius 1 is 1.18 bits per heavy atom. The van der Waals surface area contributed by atoms with Crippen molar-refractivity contribution in [3.05, 3.63) is 51.9 Å². The van der Waals surface area contributed by atoms with Crippen molar-refractivity contribution < 1.29 is 9.53 Å². The molecule has 2 amide bonds. The first-order valence-electron chi connectivity index (χ1n) is 9.33. The second kappa shape index (κ2) is 8.99. The minimum absolute atomic E-state index is 0.0706. The van der Waals surface area contributed by atoms with E-state index in [2.05, 4.69) is 27.0 Å². The number of H-pyrrole nitrogens is 1. The molecule has 0 bridgehead atoms. The van der Waals surface area contributed by atoms with Crippen LogP contribution >= 0.6 is 0 Å². The number of methoxy groups -OCH3 is 1. The summed E-state index contributed by atoms with van der Waals surface area (Å²) in [5, 5.41) is 0. The van der Waals surface area contributed by atoms with Crippen molar-refractivity contribution in [2.24, 2.45) is 0 Å². The number of nitrogens with zero attached hydrogens (tertiary/aromatic N) is 4. The van der Waals surface area contributed by atoms with Crippen LogP contribution in [0.4, 0.5) is 4.79 Å². The SMILES string of the molecule is COCc1cc(=O)[nH]c(-c2ccc(CN3CCN(C(=O)N(C)C)CC3)cc2)n1. The Hall–Kier alpha value is -2.71. The molecular weight excluding hydrogens is 358 g/mol. The Morgan fingerprint density at radius 3 is 2.46 bits per heavy atom. The van der Waals surface area contributed by atoms with Crippen LogP contribution < -0.4 is 5.56 Å². The molecule has 0 aliphatic carbocycles. The third-order valence-corrected chi connectivity index (χ3v) is 4.75. The first-order chi connectivity index (χ1) is 13.5. The fourth-order valence-corrected chi connectivity index (χ4v) is 3.27. The molecule has 8 heteroatoms. The summed E-state index contributed by atoms with van der Waals surface area (Å²) in [6, 6.07) is 9.56. The fraction of sp³-hybridized carbons (Fsp3) is 0.450. The van der Waals surface area contributed by atoms with Gasteiger partial charge in [0.15, 0.2) is 0 Å². The van der Waals surface area contributed by atoms with Crippen LogP contribution in [-0.4, -0.2) is 78.1 Å². The molecular formula is C20H27N5O3. The predicted molar refractivity (Wildman–Crippen MR) is 107 cm³/mol. The molecule has 0 spiro atoms. The van der Waals surface area contributed by atoms with E-state index in [4.69, 9.17) is 4.74 Å². The summed E-state index contributed by atoms with van der Waals surface area (Å²) in [6.07, 6.45) is 0. The number of carbonyl (C=O) groups is 1. The number of hydrogen-bond acceptors (Lipinski definition) is 5. The van der Waals surface area contributed by atoms with Crippen LogP contribution in [0.5, 0.6) is 0 Å². The van der Waals surface area contributed by atoms with Gasteiger partial charge in [0.1, 0.15) is 5.82 Å².